The number of hydrogen-bond donors (Lipinski definition) is 1. The SMILES string of the molecule is CCC(Nc1ccc([N+](=O)[O-])c(C(F)(F)F)c1)c1nccs1. The van der Waals surface area contributed by atoms with Gasteiger partial charge in [-0.2, -0.15) is 13.2 Å². The van der Waals surface area contributed by atoms with Crippen LogP contribution in [0.4, 0.5) is 24.5 Å². The van der Waals surface area contributed by atoms with Gasteiger partial charge in [0.2, 0.25) is 0 Å². The van der Waals surface area contributed by atoms with Crippen molar-refractivity contribution in [3.63, 3.8) is 0 Å². The molecular formula is C13H12F3N3O2S. The van der Waals surface area contributed by atoms with Crippen molar-refractivity contribution in [3.8, 4) is 0 Å². The van der Waals surface area contributed by atoms with Crippen LogP contribution < -0.4 is 5.32 Å². The van der Waals surface area contributed by atoms with Crippen LogP contribution in [0.25, 0.3) is 0 Å². The number of aromatic nitrogens is 1. The molecule has 0 aliphatic heterocycles. The van der Waals surface area contributed by atoms with Gasteiger partial charge in [0.05, 0.1) is 11.0 Å². The Morgan fingerprint density at radius 3 is 2.68 bits per heavy atom. The Kier molecular flexibility index (Phi) is 4.65. The molecule has 1 N–H and O–H groups in total. The number of hydrogen-bond acceptors (Lipinski definition) is 5. The maximum atomic E-state index is 12.9. The third-order valence-corrected chi connectivity index (χ3v) is 3.89. The van der Waals surface area contributed by atoms with Crippen molar-refractivity contribution in [1.82, 2.24) is 4.98 Å². The third kappa shape index (κ3) is 3.53. The lowest BCUT2D eigenvalue weighted by atomic mass is 10.1. The van der Waals surface area contributed by atoms with Crippen LogP contribution in [0, 0.1) is 10.1 Å². The van der Waals surface area contributed by atoms with Gasteiger partial charge < -0.3 is 5.32 Å². The van der Waals surface area contributed by atoms with E-state index in [0.717, 1.165) is 17.1 Å². The average Bonchev–Trinajstić information content (AvgIpc) is 2.97. The highest BCUT2D eigenvalue weighted by molar-refractivity contribution is 7.09. The van der Waals surface area contributed by atoms with Crippen LogP contribution in [0.2, 0.25) is 0 Å². The van der Waals surface area contributed by atoms with E-state index >= 15 is 0 Å². The number of nitro benzene ring substituents is 1. The third-order valence-electron chi connectivity index (χ3n) is 3.00. The fourth-order valence-electron chi connectivity index (χ4n) is 1.96. The lowest BCUT2D eigenvalue weighted by molar-refractivity contribution is -0.388. The summed E-state index contributed by atoms with van der Waals surface area (Å²) in [6, 6.07) is 2.64. The highest BCUT2D eigenvalue weighted by Gasteiger charge is 2.38. The second-order valence-corrected chi connectivity index (χ2v) is 5.39. The number of nitrogens with zero attached hydrogens (tertiary/aromatic N) is 2. The van der Waals surface area contributed by atoms with Crippen molar-refractivity contribution in [3.05, 3.63) is 50.5 Å². The van der Waals surface area contributed by atoms with Crippen LogP contribution >= 0.6 is 11.3 Å². The molecule has 0 bridgehead atoms. The first-order chi connectivity index (χ1) is 10.3. The molecule has 0 spiro atoms. The number of nitrogens with one attached hydrogen (secondary N) is 1. The van der Waals surface area contributed by atoms with Gasteiger partial charge in [-0.1, -0.05) is 6.92 Å². The van der Waals surface area contributed by atoms with E-state index in [4.69, 9.17) is 0 Å². The van der Waals surface area contributed by atoms with E-state index in [1.807, 2.05) is 6.92 Å². The lowest BCUT2D eigenvalue weighted by Crippen LogP contribution is -2.12. The van der Waals surface area contributed by atoms with Gasteiger partial charge in [0.15, 0.2) is 0 Å². The van der Waals surface area contributed by atoms with Gasteiger partial charge in [0.25, 0.3) is 5.69 Å². The second-order valence-electron chi connectivity index (χ2n) is 4.46. The smallest absolute Gasteiger partial charge is 0.376 e. The monoisotopic (exact) mass is 331 g/mol. The van der Waals surface area contributed by atoms with E-state index in [0.29, 0.717) is 6.42 Å². The molecule has 2 aromatic rings. The molecule has 2 rings (SSSR count). The number of rotatable bonds is 5. The summed E-state index contributed by atoms with van der Waals surface area (Å²) in [6.45, 7) is 1.87. The van der Waals surface area contributed by atoms with E-state index in [1.165, 1.54) is 17.4 Å². The predicted molar refractivity (Wildman–Crippen MR) is 76.9 cm³/mol. The molecule has 0 aliphatic rings. The average molecular weight is 331 g/mol. The molecule has 22 heavy (non-hydrogen) atoms. The van der Waals surface area contributed by atoms with Gasteiger partial charge in [0.1, 0.15) is 10.6 Å². The van der Waals surface area contributed by atoms with Crippen LogP contribution in [0.3, 0.4) is 0 Å². The Bertz CT molecular complexity index is 659. The van der Waals surface area contributed by atoms with Gasteiger partial charge in [0, 0.05) is 23.3 Å². The quantitative estimate of drug-likeness (QED) is 0.640. The Morgan fingerprint density at radius 1 is 1.45 bits per heavy atom. The number of thiazole rings is 1. The molecule has 118 valence electrons. The first-order valence-electron chi connectivity index (χ1n) is 6.34. The zero-order valence-corrected chi connectivity index (χ0v) is 12.2. The van der Waals surface area contributed by atoms with Gasteiger partial charge >= 0.3 is 6.18 Å². The summed E-state index contributed by atoms with van der Waals surface area (Å²) in [5, 5.41) is 16.2. The molecule has 0 fully saturated rings. The number of benzene rings is 1. The zero-order valence-electron chi connectivity index (χ0n) is 11.4. The van der Waals surface area contributed by atoms with Crippen molar-refractivity contribution >= 4 is 22.7 Å². The minimum absolute atomic E-state index is 0.167. The molecule has 1 aromatic carbocycles. The first kappa shape index (κ1) is 16.2. The molecule has 1 atom stereocenters. The van der Waals surface area contributed by atoms with E-state index < -0.39 is 22.4 Å². The lowest BCUT2D eigenvalue weighted by Gasteiger charge is -2.17. The number of halogens is 3. The molecule has 0 radical (unpaired) electrons. The number of alkyl halides is 3. The molecule has 1 unspecified atom stereocenters. The Hall–Kier alpha value is -2.16. The summed E-state index contributed by atoms with van der Waals surface area (Å²) >= 11 is 1.39. The van der Waals surface area contributed by atoms with Crippen molar-refractivity contribution < 1.29 is 18.1 Å². The van der Waals surface area contributed by atoms with Crippen LogP contribution in [0.15, 0.2) is 29.8 Å². The molecule has 1 heterocycles. The van der Waals surface area contributed by atoms with Gasteiger partial charge in [-0.3, -0.25) is 10.1 Å². The highest BCUT2D eigenvalue weighted by atomic mass is 32.1. The van der Waals surface area contributed by atoms with E-state index in [1.54, 1.807) is 11.6 Å². The molecular weight excluding hydrogens is 319 g/mol. The highest BCUT2D eigenvalue weighted by Crippen LogP contribution is 2.38. The minimum atomic E-state index is -4.79. The molecule has 0 aliphatic carbocycles. The van der Waals surface area contributed by atoms with Gasteiger partial charge in [-0.25, -0.2) is 4.98 Å². The summed E-state index contributed by atoms with van der Waals surface area (Å²) in [5.41, 5.74) is -2.06. The van der Waals surface area contributed by atoms with Crippen molar-refractivity contribution in [2.24, 2.45) is 0 Å². The second kappa shape index (κ2) is 6.30. The van der Waals surface area contributed by atoms with Crippen LogP contribution in [0.1, 0.15) is 30.0 Å². The fourth-order valence-corrected chi connectivity index (χ4v) is 2.73. The van der Waals surface area contributed by atoms with Crippen molar-refractivity contribution in [2.75, 3.05) is 5.32 Å². The van der Waals surface area contributed by atoms with E-state index in [2.05, 4.69) is 10.3 Å². The molecule has 0 saturated heterocycles. The summed E-state index contributed by atoms with van der Waals surface area (Å²) in [5.74, 6) is 0. The zero-order chi connectivity index (χ0) is 16.3. The Morgan fingerprint density at radius 2 is 2.18 bits per heavy atom. The fraction of sp³-hybridized carbons (Fsp3) is 0.308. The predicted octanol–water partition coefficient (Wildman–Crippen LogP) is 4.63. The molecule has 0 saturated carbocycles. The topological polar surface area (TPSA) is 68.1 Å². The number of anilines is 1. The van der Waals surface area contributed by atoms with Crippen LogP contribution in [0.5, 0.6) is 0 Å². The molecule has 9 heteroatoms. The first-order valence-corrected chi connectivity index (χ1v) is 7.22. The van der Waals surface area contributed by atoms with Crippen molar-refractivity contribution in [1.29, 1.82) is 0 Å². The summed E-state index contributed by atoms with van der Waals surface area (Å²) < 4.78 is 38.8. The standard InChI is InChI=1S/C13H12F3N3O2S/c1-2-10(12-17-5-6-22-12)18-8-3-4-11(19(20)21)9(7-8)13(14,15)16/h3-7,10,18H,2H2,1H3. The van der Waals surface area contributed by atoms with Gasteiger partial charge in [-0.05, 0) is 18.6 Å². The molecule has 0 amide bonds. The maximum absolute atomic E-state index is 12.9. The molecule has 1 aromatic heterocycles. The number of nitro groups is 1. The van der Waals surface area contributed by atoms with Crippen LogP contribution in [-0.2, 0) is 6.18 Å². The maximum Gasteiger partial charge on any atom is 0.423 e. The Labute approximate surface area is 128 Å². The van der Waals surface area contributed by atoms with E-state index in [9.17, 15) is 23.3 Å². The van der Waals surface area contributed by atoms with Gasteiger partial charge in [-0.15, -0.1) is 11.3 Å². The molecule has 5 nitrogen and oxygen atoms in total. The Balaban J connectivity index is 2.34. The summed E-state index contributed by atoms with van der Waals surface area (Å²) in [4.78, 5) is 13.8. The van der Waals surface area contributed by atoms with Crippen molar-refractivity contribution in [2.45, 2.75) is 25.6 Å². The summed E-state index contributed by atoms with van der Waals surface area (Å²) in [6.07, 6.45) is -2.56. The normalized spacial score (nSPS) is 12.9. The van der Waals surface area contributed by atoms with E-state index in [-0.39, 0.29) is 11.7 Å². The largest absolute Gasteiger partial charge is 0.423 e. The van der Waals surface area contributed by atoms with Crippen LogP contribution in [-0.4, -0.2) is 9.91 Å². The summed E-state index contributed by atoms with van der Waals surface area (Å²) in [7, 11) is 0. The minimum Gasteiger partial charge on any atom is -0.376 e.